The molecule has 1 rings (SSSR count). The summed E-state index contributed by atoms with van der Waals surface area (Å²) in [5, 5.41) is 9.45. The lowest BCUT2D eigenvalue weighted by Crippen LogP contribution is -2.09. The highest BCUT2D eigenvalue weighted by molar-refractivity contribution is 5.18. The van der Waals surface area contributed by atoms with E-state index >= 15 is 0 Å². The van der Waals surface area contributed by atoms with Gasteiger partial charge >= 0.3 is 0 Å². The van der Waals surface area contributed by atoms with Gasteiger partial charge in [0.15, 0.2) is 0 Å². The average Bonchev–Trinajstić information content (AvgIpc) is 2.28. The maximum absolute atomic E-state index is 9.45. The van der Waals surface area contributed by atoms with E-state index in [-0.39, 0.29) is 0 Å². The number of ether oxygens (including phenoxy) is 2. The molecule has 0 spiro atoms. The number of rotatable bonds is 7. The van der Waals surface area contributed by atoms with Crippen molar-refractivity contribution >= 4 is 0 Å². The minimum atomic E-state index is -0.526. The van der Waals surface area contributed by atoms with E-state index in [9.17, 15) is 5.11 Å². The summed E-state index contributed by atoms with van der Waals surface area (Å²) >= 11 is 0. The minimum absolute atomic E-state index is 0.526. The van der Waals surface area contributed by atoms with Crippen molar-refractivity contribution in [2.24, 2.45) is 0 Å². The molecule has 1 atom stereocenters. The van der Waals surface area contributed by atoms with E-state index in [1.54, 1.807) is 20.2 Å². The van der Waals surface area contributed by atoms with Gasteiger partial charge in [-0.1, -0.05) is 0 Å². The van der Waals surface area contributed by atoms with Gasteiger partial charge in [0.25, 0.3) is 0 Å². The fourth-order valence-corrected chi connectivity index (χ4v) is 1.46. The SMILES string of the molecule is COCCOCCc1ncc([C@H](C)O)c(C)n1. The third-order valence-electron chi connectivity index (χ3n) is 2.42. The van der Waals surface area contributed by atoms with Crippen LogP contribution in [0.25, 0.3) is 0 Å². The Morgan fingerprint density at radius 2 is 2.12 bits per heavy atom. The van der Waals surface area contributed by atoms with E-state index in [1.807, 2.05) is 6.92 Å². The summed E-state index contributed by atoms with van der Waals surface area (Å²) < 4.78 is 10.2. The Labute approximate surface area is 102 Å². The maximum atomic E-state index is 9.45. The summed E-state index contributed by atoms with van der Waals surface area (Å²) in [5.74, 6) is 0.740. The number of aliphatic hydroxyl groups excluding tert-OH is 1. The number of hydrogen-bond donors (Lipinski definition) is 1. The Bertz CT molecular complexity index is 343. The van der Waals surface area contributed by atoms with Crippen LogP contribution in [0, 0.1) is 6.92 Å². The van der Waals surface area contributed by atoms with Crippen LogP contribution >= 0.6 is 0 Å². The third-order valence-corrected chi connectivity index (χ3v) is 2.42. The van der Waals surface area contributed by atoms with Gasteiger partial charge in [0.2, 0.25) is 0 Å². The first-order chi connectivity index (χ1) is 8.15. The van der Waals surface area contributed by atoms with Crippen molar-refractivity contribution in [2.45, 2.75) is 26.4 Å². The zero-order valence-electron chi connectivity index (χ0n) is 10.6. The molecule has 1 aromatic heterocycles. The summed E-state index contributed by atoms with van der Waals surface area (Å²) in [6.07, 6.45) is 1.82. The number of aryl methyl sites for hydroxylation is 1. The fraction of sp³-hybridized carbons (Fsp3) is 0.667. The highest BCUT2D eigenvalue weighted by atomic mass is 16.5. The lowest BCUT2D eigenvalue weighted by atomic mass is 10.1. The van der Waals surface area contributed by atoms with Crippen LogP contribution in [0.15, 0.2) is 6.20 Å². The van der Waals surface area contributed by atoms with Gasteiger partial charge in [0.1, 0.15) is 5.82 Å². The number of nitrogens with zero attached hydrogens (tertiary/aromatic N) is 2. The largest absolute Gasteiger partial charge is 0.389 e. The summed E-state index contributed by atoms with van der Waals surface area (Å²) in [6.45, 7) is 5.34. The first kappa shape index (κ1) is 14.0. The molecule has 1 heterocycles. The smallest absolute Gasteiger partial charge is 0.130 e. The molecule has 0 unspecified atom stereocenters. The second-order valence-electron chi connectivity index (χ2n) is 3.86. The van der Waals surface area contributed by atoms with Crippen LogP contribution in [0.4, 0.5) is 0 Å². The van der Waals surface area contributed by atoms with Crippen molar-refractivity contribution in [3.05, 3.63) is 23.3 Å². The van der Waals surface area contributed by atoms with Crippen molar-refractivity contribution < 1.29 is 14.6 Å². The topological polar surface area (TPSA) is 64.5 Å². The summed E-state index contributed by atoms with van der Waals surface area (Å²) in [7, 11) is 1.64. The first-order valence-corrected chi connectivity index (χ1v) is 5.72. The standard InChI is InChI=1S/C12H20N2O3/c1-9-11(10(2)15)8-13-12(14-9)4-5-17-7-6-16-3/h8,10,15H,4-7H2,1-3H3/t10-/m0/s1. The van der Waals surface area contributed by atoms with E-state index in [4.69, 9.17) is 9.47 Å². The van der Waals surface area contributed by atoms with Crippen molar-refractivity contribution in [1.29, 1.82) is 0 Å². The molecule has 0 saturated heterocycles. The third kappa shape index (κ3) is 4.77. The van der Waals surface area contributed by atoms with Crippen molar-refractivity contribution in [2.75, 3.05) is 26.9 Å². The number of hydrogen-bond acceptors (Lipinski definition) is 5. The van der Waals surface area contributed by atoms with Crippen molar-refractivity contribution in [3.8, 4) is 0 Å². The van der Waals surface area contributed by atoms with Crippen molar-refractivity contribution in [1.82, 2.24) is 9.97 Å². The molecule has 0 fully saturated rings. The molecular weight excluding hydrogens is 220 g/mol. The lowest BCUT2D eigenvalue weighted by Gasteiger charge is -2.09. The molecule has 17 heavy (non-hydrogen) atoms. The zero-order chi connectivity index (χ0) is 12.7. The van der Waals surface area contributed by atoms with Gasteiger partial charge in [-0.05, 0) is 13.8 Å². The Kier molecular flexibility index (Phi) is 6.04. The molecule has 0 saturated carbocycles. The second-order valence-corrected chi connectivity index (χ2v) is 3.86. The van der Waals surface area contributed by atoms with Crippen LogP contribution in [0.2, 0.25) is 0 Å². The molecule has 0 amide bonds. The van der Waals surface area contributed by atoms with Crippen LogP contribution < -0.4 is 0 Å². The Morgan fingerprint density at radius 3 is 2.71 bits per heavy atom. The molecule has 1 N–H and O–H groups in total. The summed E-state index contributed by atoms with van der Waals surface area (Å²) in [6, 6.07) is 0. The fourth-order valence-electron chi connectivity index (χ4n) is 1.46. The van der Waals surface area contributed by atoms with Gasteiger partial charge in [-0.15, -0.1) is 0 Å². The molecule has 0 aliphatic heterocycles. The van der Waals surface area contributed by atoms with Crippen molar-refractivity contribution in [3.63, 3.8) is 0 Å². The van der Waals surface area contributed by atoms with Crippen LogP contribution in [0.3, 0.4) is 0 Å². The molecule has 5 heteroatoms. The van der Waals surface area contributed by atoms with Gasteiger partial charge in [0, 0.05) is 31.0 Å². The van der Waals surface area contributed by atoms with Gasteiger partial charge in [-0.25, -0.2) is 9.97 Å². The first-order valence-electron chi connectivity index (χ1n) is 5.72. The monoisotopic (exact) mass is 240 g/mol. The molecule has 96 valence electrons. The Hall–Kier alpha value is -1.04. The predicted octanol–water partition coefficient (Wildman–Crippen LogP) is 1.04. The molecule has 5 nitrogen and oxygen atoms in total. The Morgan fingerprint density at radius 1 is 1.35 bits per heavy atom. The average molecular weight is 240 g/mol. The molecule has 0 aliphatic carbocycles. The van der Waals surface area contributed by atoms with E-state index in [0.717, 1.165) is 17.1 Å². The number of aromatic nitrogens is 2. The van der Waals surface area contributed by atoms with Gasteiger partial charge in [0.05, 0.1) is 25.9 Å². The minimum Gasteiger partial charge on any atom is -0.389 e. The highest BCUT2D eigenvalue weighted by Crippen LogP contribution is 2.13. The maximum Gasteiger partial charge on any atom is 0.130 e. The highest BCUT2D eigenvalue weighted by Gasteiger charge is 2.07. The zero-order valence-corrected chi connectivity index (χ0v) is 10.6. The Balaban J connectivity index is 2.42. The lowest BCUT2D eigenvalue weighted by molar-refractivity contribution is 0.0716. The van der Waals surface area contributed by atoms with Crippen LogP contribution in [0.1, 0.15) is 30.1 Å². The van der Waals surface area contributed by atoms with Gasteiger partial charge < -0.3 is 14.6 Å². The van der Waals surface area contributed by atoms with E-state index in [2.05, 4.69) is 9.97 Å². The molecular formula is C12H20N2O3. The number of methoxy groups -OCH3 is 1. The summed E-state index contributed by atoms with van der Waals surface area (Å²) in [4.78, 5) is 8.53. The van der Waals surface area contributed by atoms with E-state index in [0.29, 0.717) is 26.2 Å². The van der Waals surface area contributed by atoms with E-state index < -0.39 is 6.10 Å². The quantitative estimate of drug-likeness (QED) is 0.721. The molecule has 0 radical (unpaired) electrons. The predicted molar refractivity (Wildman–Crippen MR) is 63.8 cm³/mol. The van der Waals surface area contributed by atoms with Gasteiger partial charge in [-0.2, -0.15) is 0 Å². The van der Waals surface area contributed by atoms with Crippen LogP contribution in [-0.2, 0) is 15.9 Å². The molecule has 0 aromatic carbocycles. The normalized spacial score (nSPS) is 12.7. The molecule has 0 bridgehead atoms. The van der Waals surface area contributed by atoms with Crippen LogP contribution in [0.5, 0.6) is 0 Å². The number of aliphatic hydroxyl groups is 1. The summed E-state index contributed by atoms with van der Waals surface area (Å²) in [5.41, 5.74) is 1.59. The van der Waals surface area contributed by atoms with Crippen LogP contribution in [-0.4, -0.2) is 42.0 Å². The van der Waals surface area contributed by atoms with Gasteiger partial charge in [-0.3, -0.25) is 0 Å². The van der Waals surface area contributed by atoms with E-state index in [1.165, 1.54) is 0 Å². The molecule has 1 aromatic rings. The molecule has 0 aliphatic rings. The second kappa shape index (κ2) is 7.32.